The highest BCUT2D eigenvalue weighted by atomic mass is 32.2. The molecule has 1 unspecified atom stereocenters. The van der Waals surface area contributed by atoms with Gasteiger partial charge in [-0.1, -0.05) is 30.3 Å². The fraction of sp³-hybridized carbons (Fsp3) is 0.389. The van der Waals surface area contributed by atoms with Gasteiger partial charge in [-0.05, 0) is 48.8 Å². The lowest BCUT2D eigenvalue weighted by Crippen LogP contribution is -2.16. The molecule has 3 nitrogen and oxygen atoms in total. The van der Waals surface area contributed by atoms with E-state index in [0.717, 1.165) is 12.2 Å². The van der Waals surface area contributed by atoms with Crippen molar-refractivity contribution in [2.24, 2.45) is 5.73 Å². The molecule has 1 heterocycles. The predicted molar refractivity (Wildman–Crippen MR) is 92.6 cm³/mol. The Labute approximate surface area is 136 Å². The zero-order valence-corrected chi connectivity index (χ0v) is 13.8. The molecule has 1 aliphatic carbocycles. The number of fused-ring (bicyclic) bond motifs is 1. The molecular formula is C18H23NO2S. The minimum absolute atomic E-state index is 0.218. The van der Waals surface area contributed by atoms with Crippen molar-refractivity contribution < 1.29 is 9.53 Å². The molecule has 1 aliphatic heterocycles. The van der Waals surface area contributed by atoms with Gasteiger partial charge in [-0.15, -0.1) is 11.8 Å². The molecule has 0 spiro atoms. The summed E-state index contributed by atoms with van der Waals surface area (Å²) in [6.45, 7) is 2.25. The Kier molecular flexibility index (Phi) is 6.74. The van der Waals surface area contributed by atoms with E-state index in [-0.39, 0.29) is 5.97 Å². The van der Waals surface area contributed by atoms with Gasteiger partial charge in [0, 0.05) is 11.8 Å². The highest BCUT2D eigenvalue weighted by Crippen LogP contribution is 2.26. The van der Waals surface area contributed by atoms with E-state index in [1.165, 1.54) is 24.0 Å². The maximum atomic E-state index is 11.0. The average molecular weight is 317 g/mol. The maximum Gasteiger partial charge on any atom is 0.337 e. The molecule has 1 aromatic rings. The average Bonchev–Trinajstić information content (AvgIpc) is 2.57. The molecule has 0 saturated heterocycles. The van der Waals surface area contributed by atoms with Crippen LogP contribution in [0.1, 0.15) is 36.9 Å². The van der Waals surface area contributed by atoms with Gasteiger partial charge in [-0.25, -0.2) is 4.79 Å². The van der Waals surface area contributed by atoms with Gasteiger partial charge in [0.25, 0.3) is 0 Å². The summed E-state index contributed by atoms with van der Waals surface area (Å²) in [5.74, 6) is 0.647. The molecule has 2 aliphatic rings. The van der Waals surface area contributed by atoms with Gasteiger partial charge in [0.1, 0.15) is 0 Å². The Morgan fingerprint density at radius 3 is 2.91 bits per heavy atom. The highest BCUT2D eigenvalue weighted by Gasteiger charge is 2.14. The molecule has 0 aromatic heterocycles. The number of thioether (sulfide) groups is 1. The molecule has 4 heteroatoms. The first-order chi connectivity index (χ1) is 10.7. The van der Waals surface area contributed by atoms with Crippen molar-refractivity contribution in [3.05, 3.63) is 58.5 Å². The third-order valence-corrected chi connectivity index (χ3v) is 4.36. The lowest BCUT2D eigenvalue weighted by atomic mass is 9.88. The van der Waals surface area contributed by atoms with Crippen LogP contribution in [0.4, 0.5) is 0 Å². The molecule has 0 bridgehead atoms. The van der Waals surface area contributed by atoms with E-state index in [2.05, 4.69) is 24.3 Å². The van der Waals surface area contributed by atoms with Crippen LogP contribution in [0.5, 0.6) is 0 Å². The zero-order chi connectivity index (χ0) is 15.8. The molecule has 22 heavy (non-hydrogen) atoms. The molecule has 0 saturated carbocycles. The third kappa shape index (κ3) is 4.75. The Bertz CT molecular complexity index is 566. The first-order valence-electron chi connectivity index (χ1n) is 7.71. The number of benzene rings is 1. The van der Waals surface area contributed by atoms with E-state index in [1.54, 1.807) is 24.8 Å². The maximum absolute atomic E-state index is 11.0. The Balaban J connectivity index is 0.000000160. The topological polar surface area (TPSA) is 52.3 Å². The standard InChI is InChI=1S/C10H13N.C8H10O2S/c11-10-7-3-5-8-4-1-2-6-9(8)10;1-2-10-8(9)7-3-5-11-6-4-7/h1-2,4,6,10H,3,5,7,11H2;3-5H,2,6H2,1H3. The molecule has 3 rings (SSSR count). The summed E-state index contributed by atoms with van der Waals surface area (Å²) in [6, 6.07) is 8.80. The smallest absolute Gasteiger partial charge is 0.337 e. The van der Waals surface area contributed by atoms with Crippen LogP contribution in [0.3, 0.4) is 0 Å². The van der Waals surface area contributed by atoms with E-state index in [0.29, 0.717) is 18.2 Å². The summed E-state index contributed by atoms with van der Waals surface area (Å²) in [7, 11) is 0. The largest absolute Gasteiger partial charge is 0.462 e. The molecule has 1 atom stereocenters. The second kappa shape index (κ2) is 8.81. The Hall–Kier alpha value is -1.52. The number of rotatable bonds is 2. The van der Waals surface area contributed by atoms with Crippen LogP contribution in [-0.2, 0) is 16.0 Å². The summed E-state index contributed by atoms with van der Waals surface area (Å²) in [4.78, 5) is 11.0. The van der Waals surface area contributed by atoms with Gasteiger partial charge < -0.3 is 10.5 Å². The van der Waals surface area contributed by atoms with Crippen molar-refractivity contribution in [2.75, 3.05) is 12.4 Å². The number of hydrogen-bond donors (Lipinski definition) is 1. The summed E-state index contributed by atoms with van der Waals surface area (Å²) >= 11 is 1.67. The third-order valence-electron chi connectivity index (χ3n) is 3.67. The van der Waals surface area contributed by atoms with Crippen LogP contribution in [0.15, 0.2) is 47.4 Å². The fourth-order valence-corrected chi connectivity index (χ4v) is 3.17. The summed E-state index contributed by atoms with van der Waals surface area (Å²) in [5, 5.41) is 1.91. The monoisotopic (exact) mass is 317 g/mol. The number of ether oxygens (including phenoxy) is 1. The normalized spacial score (nSPS) is 19.4. The second-order valence-corrected chi connectivity index (χ2v) is 6.15. The number of carbonyl (C=O) groups excluding carboxylic acids is 1. The van der Waals surface area contributed by atoms with Crippen LogP contribution in [0.2, 0.25) is 0 Å². The Morgan fingerprint density at radius 1 is 1.41 bits per heavy atom. The van der Waals surface area contributed by atoms with Gasteiger partial charge in [0.2, 0.25) is 0 Å². The van der Waals surface area contributed by atoms with Crippen LogP contribution < -0.4 is 5.73 Å². The molecule has 118 valence electrons. The first-order valence-corrected chi connectivity index (χ1v) is 8.76. The van der Waals surface area contributed by atoms with E-state index >= 15 is 0 Å². The lowest BCUT2D eigenvalue weighted by Gasteiger charge is -2.21. The second-order valence-electron chi connectivity index (χ2n) is 5.21. The van der Waals surface area contributed by atoms with Crippen molar-refractivity contribution >= 4 is 17.7 Å². The van der Waals surface area contributed by atoms with E-state index in [4.69, 9.17) is 10.5 Å². The number of esters is 1. The van der Waals surface area contributed by atoms with Gasteiger partial charge >= 0.3 is 5.97 Å². The minimum Gasteiger partial charge on any atom is -0.462 e. The number of hydrogen-bond acceptors (Lipinski definition) is 4. The van der Waals surface area contributed by atoms with Crippen molar-refractivity contribution in [2.45, 2.75) is 32.2 Å². The lowest BCUT2D eigenvalue weighted by molar-refractivity contribution is -0.138. The zero-order valence-electron chi connectivity index (χ0n) is 13.0. The van der Waals surface area contributed by atoms with E-state index < -0.39 is 0 Å². The fourth-order valence-electron chi connectivity index (χ4n) is 2.54. The molecule has 0 fully saturated rings. The summed E-state index contributed by atoms with van der Waals surface area (Å²) in [6.07, 6.45) is 7.27. The number of carbonyl (C=O) groups is 1. The van der Waals surface area contributed by atoms with Crippen molar-refractivity contribution in [1.82, 2.24) is 0 Å². The van der Waals surface area contributed by atoms with Crippen molar-refractivity contribution in [1.29, 1.82) is 0 Å². The van der Waals surface area contributed by atoms with Gasteiger partial charge in [-0.2, -0.15) is 0 Å². The van der Waals surface area contributed by atoms with Crippen LogP contribution in [0.25, 0.3) is 0 Å². The predicted octanol–water partition coefficient (Wildman–Crippen LogP) is 3.76. The quantitative estimate of drug-likeness (QED) is 0.844. The van der Waals surface area contributed by atoms with E-state index in [9.17, 15) is 4.79 Å². The minimum atomic E-state index is -0.218. The SMILES string of the molecule is CCOC(=O)C1=CCSC=C1.NC1CCCc2ccccc21. The number of nitrogens with two attached hydrogens (primary N) is 1. The molecule has 2 N–H and O–H groups in total. The van der Waals surface area contributed by atoms with Gasteiger partial charge in [0.15, 0.2) is 0 Å². The molecule has 0 amide bonds. The molecule has 0 radical (unpaired) electrons. The van der Waals surface area contributed by atoms with Crippen LogP contribution in [-0.4, -0.2) is 18.3 Å². The van der Waals surface area contributed by atoms with E-state index in [1.807, 2.05) is 11.5 Å². The highest BCUT2D eigenvalue weighted by molar-refractivity contribution is 8.02. The van der Waals surface area contributed by atoms with Crippen LogP contribution >= 0.6 is 11.8 Å². The first kappa shape index (κ1) is 16.8. The van der Waals surface area contributed by atoms with Crippen molar-refractivity contribution in [3.8, 4) is 0 Å². The van der Waals surface area contributed by atoms with Crippen molar-refractivity contribution in [3.63, 3.8) is 0 Å². The number of aryl methyl sites for hydroxylation is 1. The van der Waals surface area contributed by atoms with Gasteiger partial charge in [-0.3, -0.25) is 0 Å². The summed E-state index contributed by atoms with van der Waals surface area (Å²) in [5.41, 5.74) is 9.43. The molecule has 1 aromatic carbocycles. The van der Waals surface area contributed by atoms with Gasteiger partial charge in [0.05, 0.1) is 12.2 Å². The Morgan fingerprint density at radius 2 is 2.23 bits per heavy atom. The summed E-state index contributed by atoms with van der Waals surface area (Å²) < 4.78 is 4.81. The van der Waals surface area contributed by atoms with Crippen LogP contribution in [0, 0.1) is 0 Å². The molecular weight excluding hydrogens is 294 g/mol.